The second-order valence-corrected chi connectivity index (χ2v) is 9.63. The first-order valence-corrected chi connectivity index (χ1v) is 12.2. The molecular weight excluding hydrogens is 444 g/mol. The fraction of sp³-hybridized carbons (Fsp3) is 0.440. The van der Waals surface area contributed by atoms with E-state index in [4.69, 9.17) is 20.2 Å². The number of furan rings is 1. The summed E-state index contributed by atoms with van der Waals surface area (Å²) >= 11 is 0. The Morgan fingerprint density at radius 1 is 1.23 bits per heavy atom. The minimum atomic E-state index is -0.124. The minimum absolute atomic E-state index is 0.0611. The fourth-order valence-corrected chi connectivity index (χ4v) is 5.40. The van der Waals surface area contributed by atoms with E-state index in [1.165, 1.54) is 0 Å². The highest BCUT2D eigenvalue weighted by Crippen LogP contribution is 2.34. The molecule has 182 valence electrons. The van der Waals surface area contributed by atoms with Gasteiger partial charge in [0, 0.05) is 50.6 Å². The molecule has 0 spiro atoms. The van der Waals surface area contributed by atoms with Crippen molar-refractivity contribution in [1.29, 1.82) is 0 Å². The van der Waals surface area contributed by atoms with Gasteiger partial charge in [0.25, 0.3) is 5.91 Å². The number of anilines is 1. The number of carbonyl (C=O) groups is 1. The highest BCUT2D eigenvalue weighted by atomic mass is 16.3. The van der Waals surface area contributed by atoms with E-state index in [0.29, 0.717) is 23.6 Å². The van der Waals surface area contributed by atoms with E-state index < -0.39 is 0 Å². The lowest BCUT2D eigenvalue weighted by Gasteiger charge is -2.34. The monoisotopic (exact) mass is 474 g/mol. The molecule has 10 nitrogen and oxygen atoms in total. The number of piperidine rings is 1. The summed E-state index contributed by atoms with van der Waals surface area (Å²) in [5.74, 6) is 1.54. The average Bonchev–Trinajstić information content (AvgIpc) is 3.65. The lowest BCUT2D eigenvalue weighted by atomic mass is 9.98. The summed E-state index contributed by atoms with van der Waals surface area (Å²) < 4.78 is 9.04. The van der Waals surface area contributed by atoms with Gasteiger partial charge in [0.1, 0.15) is 17.3 Å². The van der Waals surface area contributed by atoms with Crippen molar-refractivity contribution in [3.05, 3.63) is 53.8 Å². The van der Waals surface area contributed by atoms with Crippen molar-refractivity contribution in [3.8, 4) is 11.3 Å². The number of hydrogen-bond donors (Lipinski definition) is 1. The van der Waals surface area contributed by atoms with Crippen molar-refractivity contribution in [2.45, 2.75) is 44.7 Å². The predicted molar refractivity (Wildman–Crippen MR) is 131 cm³/mol. The summed E-state index contributed by atoms with van der Waals surface area (Å²) in [6, 6.07) is 5.75. The van der Waals surface area contributed by atoms with E-state index in [2.05, 4.69) is 16.9 Å². The molecule has 2 aliphatic rings. The minimum Gasteiger partial charge on any atom is -0.464 e. The smallest absolute Gasteiger partial charge is 0.273 e. The molecule has 0 bridgehead atoms. The highest BCUT2D eigenvalue weighted by molar-refractivity contribution is 5.99. The van der Waals surface area contributed by atoms with Gasteiger partial charge in [-0.15, -0.1) is 0 Å². The Morgan fingerprint density at radius 3 is 2.89 bits per heavy atom. The molecule has 0 radical (unpaired) electrons. The molecule has 2 atom stereocenters. The van der Waals surface area contributed by atoms with E-state index in [9.17, 15) is 4.79 Å². The van der Waals surface area contributed by atoms with Crippen LogP contribution in [0.15, 0.2) is 41.3 Å². The van der Waals surface area contributed by atoms with Crippen molar-refractivity contribution < 1.29 is 9.21 Å². The molecule has 0 aromatic carbocycles. The zero-order valence-electron chi connectivity index (χ0n) is 20.1. The first kappa shape index (κ1) is 21.8. The average molecular weight is 475 g/mol. The van der Waals surface area contributed by atoms with Gasteiger partial charge in [-0.25, -0.2) is 9.50 Å². The predicted octanol–water partition coefficient (Wildman–Crippen LogP) is 2.94. The maximum Gasteiger partial charge on any atom is 0.273 e. The molecule has 0 saturated carbocycles. The number of rotatable bonds is 4. The first-order valence-electron chi connectivity index (χ1n) is 12.2. The SMILES string of the molecule is Cc1cn2nc([C@@H]3CCCCN3C(=O)c3c(-c4ccco4)cnn3C)cc2nc1N1CC[C@H](N)C1. The van der Waals surface area contributed by atoms with Crippen molar-refractivity contribution in [2.75, 3.05) is 24.5 Å². The van der Waals surface area contributed by atoms with Crippen LogP contribution in [0, 0.1) is 6.92 Å². The molecule has 2 aliphatic heterocycles. The van der Waals surface area contributed by atoms with Crippen LogP contribution in [0.3, 0.4) is 0 Å². The number of aromatic nitrogens is 5. The summed E-state index contributed by atoms with van der Waals surface area (Å²) in [4.78, 5) is 23.0. The van der Waals surface area contributed by atoms with Crippen LogP contribution >= 0.6 is 0 Å². The Bertz CT molecular complexity index is 1370. The highest BCUT2D eigenvalue weighted by Gasteiger charge is 2.34. The third kappa shape index (κ3) is 3.78. The van der Waals surface area contributed by atoms with Gasteiger partial charge < -0.3 is 20.0 Å². The third-order valence-electron chi connectivity index (χ3n) is 7.18. The number of nitrogens with zero attached hydrogens (tertiary/aromatic N) is 7. The van der Waals surface area contributed by atoms with Crippen molar-refractivity contribution in [1.82, 2.24) is 29.3 Å². The maximum absolute atomic E-state index is 13.9. The quantitative estimate of drug-likeness (QED) is 0.484. The van der Waals surface area contributed by atoms with Crippen molar-refractivity contribution in [2.24, 2.45) is 12.8 Å². The first-order chi connectivity index (χ1) is 17.0. The Morgan fingerprint density at radius 2 is 2.11 bits per heavy atom. The molecule has 1 amide bonds. The zero-order valence-corrected chi connectivity index (χ0v) is 20.1. The molecule has 4 aromatic rings. The molecule has 0 unspecified atom stereocenters. The van der Waals surface area contributed by atoms with E-state index in [1.54, 1.807) is 24.2 Å². The van der Waals surface area contributed by atoms with Crippen LogP contribution in [0.4, 0.5) is 5.82 Å². The maximum atomic E-state index is 13.9. The van der Waals surface area contributed by atoms with Crippen LogP contribution in [0.1, 0.15) is 53.5 Å². The van der Waals surface area contributed by atoms with Crippen LogP contribution < -0.4 is 10.6 Å². The molecular formula is C25H30N8O2. The lowest BCUT2D eigenvalue weighted by molar-refractivity contribution is 0.0595. The Kier molecular flexibility index (Phi) is 5.32. The largest absolute Gasteiger partial charge is 0.464 e. The summed E-state index contributed by atoms with van der Waals surface area (Å²) in [5, 5.41) is 9.21. The van der Waals surface area contributed by atoms with Crippen LogP contribution in [0.25, 0.3) is 17.0 Å². The van der Waals surface area contributed by atoms with Gasteiger partial charge in [-0.2, -0.15) is 10.2 Å². The summed E-state index contributed by atoms with van der Waals surface area (Å²) in [6.45, 7) is 4.46. The number of nitrogens with two attached hydrogens (primary N) is 1. The third-order valence-corrected chi connectivity index (χ3v) is 7.18. The number of amides is 1. The Balaban J connectivity index is 1.34. The molecule has 35 heavy (non-hydrogen) atoms. The molecule has 4 aromatic heterocycles. The molecule has 2 saturated heterocycles. The molecule has 2 fully saturated rings. The summed E-state index contributed by atoms with van der Waals surface area (Å²) in [5.41, 5.74) is 10.1. The van der Waals surface area contributed by atoms with Crippen LogP contribution in [0.2, 0.25) is 0 Å². The van der Waals surface area contributed by atoms with Crippen LogP contribution in [-0.4, -0.2) is 60.9 Å². The second kappa shape index (κ2) is 8.53. The lowest BCUT2D eigenvalue weighted by Crippen LogP contribution is -2.39. The van der Waals surface area contributed by atoms with Gasteiger partial charge in [0.05, 0.1) is 29.8 Å². The normalized spacial score (nSPS) is 20.8. The van der Waals surface area contributed by atoms with Gasteiger partial charge in [-0.1, -0.05) is 0 Å². The Labute approximate surface area is 203 Å². The molecule has 10 heteroatoms. The molecule has 0 aliphatic carbocycles. The number of likely N-dealkylation sites (tertiary alicyclic amines) is 1. The van der Waals surface area contributed by atoms with E-state index >= 15 is 0 Å². The number of aryl methyl sites for hydroxylation is 2. The summed E-state index contributed by atoms with van der Waals surface area (Å²) in [6.07, 6.45) is 9.16. The van der Waals surface area contributed by atoms with Gasteiger partial charge in [0.2, 0.25) is 0 Å². The zero-order chi connectivity index (χ0) is 24.1. The van der Waals surface area contributed by atoms with E-state index in [0.717, 1.165) is 61.5 Å². The summed E-state index contributed by atoms with van der Waals surface area (Å²) in [7, 11) is 1.79. The van der Waals surface area contributed by atoms with Gasteiger partial charge in [0.15, 0.2) is 5.65 Å². The molecule has 6 heterocycles. The standard InChI is InChI=1S/C25H30N8O2/c1-16-14-33-22(28-24(16)31-10-8-17(26)15-31)12-19(29-33)20-6-3-4-9-32(20)25(34)23-18(13-27-30(23)2)21-7-5-11-35-21/h5,7,11-14,17,20H,3-4,6,8-10,15,26H2,1-2H3/t17-,20-/m0/s1. The van der Waals surface area contributed by atoms with E-state index in [-0.39, 0.29) is 18.0 Å². The number of fused-ring (bicyclic) bond motifs is 1. The van der Waals surface area contributed by atoms with Crippen LogP contribution in [-0.2, 0) is 7.05 Å². The topological polar surface area (TPSA) is 111 Å². The number of carbonyl (C=O) groups excluding carboxylic acids is 1. The van der Waals surface area contributed by atoms with Gasteiger partial charge in [-0.3, -0.25) is 9.48 Å². The Hall–Kier alpha value is -3.66. The molecule has 2 N–H and O–H groups in total. The van der Waals surface area contributed by atoms with Gasteiger partial charge >= 0.3 is 0 Å². The van der Waals surface area contributed by atoms with Crippen molar-refractivity contribution in [3.63, 3.8) is 0 Å². The molecule has 6 rings (SSSR count). The van der Waals surface area contributed by atoms with Crippen molar-refractivity contribution >= 4 is 17.4 Å². The second-order valence-electron chi connectivity index (χ2n) is 9.63. The van der Waals surface area contributed by atoms with E-state index in [1.807, 2.05) is 33.8 Å². The number of hydrogen-bond acceptors (Lipinski definition) is 7. The van der Waals surface area contributed by atoms with Crippen LogP contribution in [0.5, 0.6) is 0 Å². The fourth-order valence-electron chi connectivity index (χ4n) is 5.40. The van der Waals surface area contributed by atoms with Gasteiger partial charge in [-0.05, 0) is 44.7 Å².